The van der Waals surface area contributed by atoms with Gasteiger partial charge in [0.15, 0.2) is 9.84 Å². The van der Waals surface area contributed by atoms with E-state index in [4.69, 9.17) is 0 Å². The van der Waals surface area contributed by atoms with Crippen LogP contribution in [0.4, 0.5) is 0 Å². The molecule has 2 N–H and O–H groups in total. The summed E-state index contributed by atoms with van der Waals surface area (Å²) in [4.78, 5) is 24.3. The third kappa shape index (κ3) is 5.06. The zero-order chi connectivity index (χ0) is 19.2. The van der Waals surface area contributed by atoms with Crippen LogP contribution in [0.15, 0.2) is 29.2 Å². The van der Waals surface area contributed by atoms with Gasteiger partial charge in [-0.1, -0.05) is 44.7 Å². The van der Waals surface area contributed by atoms with Crippen molar-refractivity contribution in [2.75, 3.05) is 5.75 Å². The molecule has 0 bridgehead atoms. The SMILES string of the molecule is CCS(=O)(=O)c1ccc(CCC(=O)NC2(C(=O)O)CCCCCC2)cc1. The summed E-state index contributed by atoms with van der Waals surface area (Å²) in [6.45, 7) is 1.60. The number of carboxylic acids is 1. The predicted octanol–water partition coefficient (Wildman–Crippen LogP) is 2.71. The minimum atomic E-state index is -3.23. The fourth-order valence-electron chi connectivity index (χ4n) is 3.34. The highest BCUT2D eigenvalue weighted by Gasteiger charge is 2.39. The van der Waals surface area contributed by atoms with E-state index in [1.807, 2.05) is 0 Å². The van der Waals surface area contributed by atoms with E-state index in [-0.39, 0.29) is 23.0 Å². The number of carboxylic acid groups (broad SMARTS) is 1. The van der Waals surface area contributed by atoms with Crippen molar-refractivity contribution in [3.05, 3.63) is 29.8 Å². The van der Waals surface area contributed by atoms with Crippen molar-refractivity contribution in [3.63, 3.8) is 0 Å². The Bertz CT molecular complexity index is 732. The molecule has 0 heterocycles. The topological polar surface area (TPSA) is 101 Å². The van der Waals surface area contributed by atoms with E-state index in [1.54, 1.807) is 31.2 Å². The fraction of sp³-hybridized carbons (Fsp3) is 0.579. The van der Waals surface area contributed by atoms with E-state index in [1.165, 1.54) is 0 Å². The molecule has 0 aromatic heterocycles. The van der Waals surface area contributed by atoms with Gasteiger partial charge in [-0.05, 0) is 37.0 Å². The minimum absolute atomic E-state index is 0.0476. The van der Waals surface area contributed by atoms with Gasteiger partial charge in [0.25, 0.3) is 0 Å². The second-order valence-corrected chi connectivity index (χ2v) is 9.18. The van der Waals surface area contributed by atoms with Gasteiger partial charge >= 0.3 is 5.97 Å². The summed E-state index contributed by atoms with van der Waals surface area (Å²) in [7, 11) is -3.23. The fourth-order valence-corrected chi connectivity index (χ4v) is 4.23. The molecule has 1 aliphatic carbocycles. The predicted molar refractivity (Wildman–Crippen MR) is 98.7 cm³/mol. The Morgan fingerprint density at radius 2 is 1.65 bits per heavy atom. The Morgan fingerprint density at radius 3 is 2.15 bits per heavy atom. The second-order valence-electron chi connectivity index (χ2n) is 6.90. The first-order valence-electron chi connectivity index (χ1n) is 9.15. The molecule has 0 aliphatic heterocycles. The molecule has 0 radical (unpaired) electrons. The highest BCUT2D eigenvalue weighted by Crippen LogP contribution is 2.27. The Labute approximate surface area is 154 Å². The summed E-state index contributed by atoms with van der Waals surface area (Å²) in [6.07, 6.45) is 5.16. The average molecular weight is 381 g/mol. The Hall–Kier alpha value is -1.89. The van der Waals surface area contributed by atoms with Gasteiger partial charge in [-0.3, -0.25) is 4.79 Å². The molecule has 0 atom stereocenters. The Kier molecular flexibility index (Phi) is 6.81. The van der Waals surface area contributed by atoms with Crippen molar-refractivity contribution >= 4 is 21.7 Å². The first-order chi connectivity index (χ1) is 12.3. The summed E-state index contributed by atoms with van der Waals surface area (Å²) in [5.74, 6) is -1.19. The number of nitrogens with one attached hydrogen (secondary N) is 1. The van der Waals surface area contributed by atoms with Crippen LogP contribution in [0.3, 0.4) is 0 Å². The standard InChI is InChI=1S/C19H27NO5S/c1-2-26(24,25)16-10-7-15(8-11-16)9-12-17(21)20-19(18(22)23)13-5-3-4-6-14-19/h7-8,10-11H,2-6,9,12-14H2,1H3,(H,20,21)(H,22,23). The number of hydrogen-bond acceptors (Lipinski definition) is 4. The van der Waals surface area contributed by atoms with Crippen LogP contribution in [0.1, 0.15) is 57.4 Å². The Balaban J connectivity index is 1.96. The molecule has 1 aromatic rings. The molecule has 1 fully saturated rings. The molecule has 6 nitrogen and oxygen atoms in total. The van der Waals surface area contributed by atoms with E-state index in [2.05, 4.69) is 5.32 Å². The van der Waals surface area contributed by atoms with Crippen LogP contribution in [0, 0.1) is 0 Å². The van der Waals surface area contributed by atoms with E-state index in [0.717, 1.165) is 31.2 Å². The van der Waals surface area contributed by atoms with Crippen molar-refractivity contribution in [2.24, 2.45) is 0 Å². The van der Waals surface area contributed by atoms with Crippen molar-refractivity contribution in [2.45, 2.75) is 68.7 Å². The molecule has 1 amide bonds. The molecule has 0 saturated heterocycles. The van der Waals surface area contributed by atoms with Crippen LogP contribution in [-0.4, -0.2) is 36.7 Å². The largest absolute Gasteiger partial charge is 0.480 e. The lowest BCUT2D eigenvalue weighted by Gasteiger charge is -2.29. The first kappa shape index (κ1) is 20.4. The first-order valence-corrected chi connectivity index (χ1v) is 10.8. The monoisotopic (exact) mass is 381 g/mol. The summed E-state index contributed by atoms with van der Waals surface area (Å²) >= 11 is 0. The zero-order valence-electron chi connectivity index (χ0n) is 15.2. The van der Waals surface area contributed by atoms with Crippen molar-refractivity contribution in [1.82, 2.24) is 5.32 Å². The number of carbonyl (C=O) groups is 2. The maximum atomic E-state index is 12.3. The van der Waals surface area contributed by atoms with E-state index < -0.39 is 21.3 Å². The third-order valence-electron chi connectivity index (χ3n) is 5.05. The maximum absolute atomic E-state index is 12.3. The van der Waals surface area contributed by atoms with Gasteiger partial charge in [-0.15, -0.1) is 0 Å². The van der Waals surface area contributed by atoms with Crippen LogP contribution >= 0.6 is 0 Å². The quantitative estimate of drug-likeness (QED) is 0.707. The van der Waals surface area contributed by atoms with Crippen LogP contribution in [0.2, 0.25) is 0 Å². The molecule has 7 heteroatoms. The number of hydrogen-bond donors (Lipinski definition) is 2. The number of amides is 1. The van der Waals surface area contributed by atoms with Gasteiger partial charge in [-0.2, -0.15) is 0 Å². The van der Waals surface area contributed by atoms with Gasteiger partial charge in [0.05, 0.1) is 10.6 Å². The third-order valence-corrected chi connectivity index (χ3v) is 6.80. The van der Waals surface area contributed by atoms with Crippen LogP contribution in [0.5, 0.6) is 0 Å². The van der Waals surface area contributed by atoms with Gasteiger partial charge in [0.1, 0.15) is 5.54 Å². The van der Waals surface area contributed by atoms with Crippen molar-refractivity contribution < 1.29 is 23.1 Å². The smallest absolute Gasteiger partial charge is 0.329 e. The molecule has 1 aliphatic rings. The van der Waals surface area contributed by atoms with Crippen molar-refractivity contribution in [3.8, 4) is 0 Å². The average Bonchev–Trinajstić information content (AvgIpc) is 2.87. The summed E-state index contributed by atoms with van der Waals surface area (Å²) in [5.41, 5.74) is -0.299. The van der Waals surface area contributed by atoms with E-state index in [0.29, 0.717) is 19.3 Å². The normalized spacial score (nSPS) is 17.3. The van der Waals surface area contributed by atoms with E-state index in [9.17, 15) is 23.1 Å². The van der Waals surface area contributed by atoms with Crippen LogP contribution in [-0.2, 0) is 25.8 Å². The molecule has 0 unspecified atom stereocenters. The summed E-state index contributed by atoms with van der Waals surface area (Å²) in [6, 6.07) is 6.51. The van der Waals surface area contributed by atoms with Crippen molar-refractivity contribution in [1.29, 1.82) is 0 Å². The molecule has 26 heavy (non-hydrogen) atoms. The molecule has 1 aromatic carbocycles. The Morgan fingerprint density at radius 1 is 1.08 bits per heavy atom. The molecule has 1 saturated carbocycles. The lowest BCUT2D eigenvalue weighted by molar-refractivity contribution is -0.148. The highest BCUT2D eigenvalue weighted by atomic mass is 32.2. The van der Waals surface area contributed by atoms with E-state index >= 15 is 0 Å². The summed E-state index contributed by atoms with van der Waals surface area (Å²) < 4.78 is 23.6. The van der Waals surface area contributed by atoms with Gasteiger partial charge in [0.2, 0.25) is 5.91 Å². The number of aliphatic carboxylic acids is 1. The highest BCUT2D eigenvalue weighted by molar-refractivity contribution is 7.91. The zero-order valence-corrected chi connectivity index (χ0v) is 16.0. The molecule has 0 spiro atoms. The maximum Gasteiger partial charge on any atom is 0.329 e. The number of benzene rings is 1. The molecule has 144 valence electrons. The number of rotatable bonds is 7. The number of aryl methyl sites for hydroxylation is 1. The second kappa shape index (κ2) is 8.66. The van der Waals surface area contributed by atoms with Crippen LogP contribution < -0.4 is 5.32 Å². The lowest BCUT2D eigenvalue weighted by atomic mass is 9.90. The number of carbonyl (C=O) groups excluding carboxylic acids is 1. The molecule has 2 rings (SSSR count). The molecular formula is C19H27NO5S. The van der Waals surface area contributed by atoms with Crippen LogP contribution in [0.25, 0.3) is 0 Å². The minimum Gasteiger partial charge on any atom is -0.480 e. The lowest BCUT2D eigenvalue weighted by Crippen LogP contribution is -2.54. The van der Waals surface area contributed by atoms with Gasteiger partial charge < -0.3 is 10.4 Å². The molecular weight excluding hydrogens is 354 g/mol. The van der Waals surface area contributed by atoms with Gasteiger partial charge in [0, 0.05) is 6.42 Å². The van der Waals surface area contributed by atoms with Gasteiger partial charge in [-0.25, -0.2) is 13.2 Å². The number of sulfone groups is 1. The summed E-state index contributed by atoms with van der Waals surface area (Å²) in [5, 5.41) is 12.4.